The molecule has 1 aromatic heterocycles. The first kappa shape index (κ1) is 11.5. The Morgan fingerprint density at radius 2 is 2.11 bits per heavy atom. The number of anilines is 2. The normalized spacial score (nSPS) is 26.2. The highest BCUT2D eigenvalue weighted by atomic mass is 16.2. The zero-order valence-electron chi connectivity index (χ0n) is 10.7. The van der Waals surface area contributed by atoms with E-state index in [0.717, 1.165) is 25.2 Å². The molecule has 1 saturated heterocycles. The third-order valence-electron chi connectivity index (χ3n) is 3.92. The predicted molar refractivity (Wildman–Crippen MR) is 71.6 cm³/mol. The van der Waals surface area contributed by atoms with Crippen LogP contribution in [0, 0.1) is 11.8 Å². The lowest BCUT2D eigenvalue weighted by atomic mass is 10.3. The van der Waals surface area contributed by atoms with Crippen molar-refractivity contribution >= 4 is 17.4 Å². The van der Waals surface area contributed by atoms with Gasteiger partial charge in [-0.25, -0.2) is 4.98 Å². The van der Waals surface area contributed by atoms with Crippen molar-refractivity contribution in [1.29, 1.82) is 0 Å². The lowest BCUT2D eigenvalue weighted by molar-refractivity contribution is -0.117. The molecular weight excluding hydrogens is 226 g/mol. The first-order valence-electron chi connectivity index (χ1n) is 6.76. The van der Waals surface area contributed by atoms with E-state index in [4.69, 9.17) is 0 Å². The highest BCUT2D eigenvalue weighted by Crippen LogP contribution is 2.38. The number of carbonyl (C=O) groups excluding carboxylic acids is 1. The second kappa shape index (κ2) is 4.59. The third-order valence-corrected chi connectivity index (χ3v) is 3.92. The number of aromatic nitrogens is 1. The zero-order valence-corrected chi connectivity index (χ0v) is 10.7. The van der Waals surface area contributed by atoms with Crippen molar-refractivity contribution in [3.63, 3.8) is 0 Å². The highest BCUT2D eigenvalue weighted by Gasteiger charge is 2.39. The molecule has 1 amide bonds. The minimum absolute atomic E-state index is 0.115. The van der Waals surface area contributed by atoms with Crippen LogP contribution in [0.5, 0.6) is 0 Å². The second-order valence-corrected chi connectivity index (χ2v) is 5.40. The van der Waals surface area contributed by atoms with Crippen LogP contribution in [-0.2, 0) is 4.79 Å². The Kier molecular flexibility index (Phi) is 2.94. The summed E-state index contributed by atoms with van der Waals surface area (Å²) >= 11 is 0. The summed E-state index contributed by atoms with van der Waals surface area (Å²) in [5.41, 5.74) is 1.16. The fraction of sp³-hybridized carbons (Fsp3) is 0.571. The maximum absolute atomic E-state index is 11.8. The van der Waals surface area contributed by atoms with E-state index in [-0.39, 0.29) is 11.8 Å². The van der Waals surface area contributed by atoms with Crippen molar-refractivity contribution in [3.8, 4) is 0 Å². The minimum Gasteiger partial charge on any atom is -0.370 e. The molecule has 2 fully saturated rings. The fourth-order valence-corrected chi connectivity index (χ4v) is 2.53. The van der Waals surface area contributed by atoms with Gasteiger partial charge in [0.15, 0.2) is 0 Å². The van der Waals surface area contributed by atoms with Gasteiger partial charge in [0, 0.05) is 19.0 Å². The first-order valence-corrected chi connectivity index (χ1v) is 6.76. The topological polar surface area (TPSA) is 45.2 Å². The quantitative estimate of drug-likeness (QED) is 0.888. The lowest BCUT2D eigenvalue weighted by Gasteiger charge is -2.17. The van der Waals surface area contributed by atoms with E-state index in [2.05, 4.69) is 22.1 Å². The molecule has 1 saturated carbocycles. The molecule has 4 nitrogen and oxygen atoms in total. The summed E-state index contributed by atoms with van der Waals surface area (Å²) in [5.74, 6) is 1.52. The van der Waals surface area contributed by atoms with E-state index in [1.165, 1.54) is 12.8 Å². The van der Waals surface area contributed by atoms with Crippen molar-refractivity contribution in [1.82, 2.24) is 4.98 Å². The van der Waals surface area contributed by atoms with E-state index in [0.29, 0.717) is 11.7 Å². The Morgan fingerprint density at radius 3 is 2.67 bits per heavy atom. The van der Waals surface area contributed by atoms with Crippen LogP contribution < -0.4 is 10.2 Å². The summed E-state index contributed by atoms with van der Waals surface area (Å²) in [7, 11) is 0. The minimum atomic E-state index is 0.115. The van der Waals surface area contributed by atoms with Crippen molar-refractivity contribution in [2.75, 3.05) is 23.3 Å². The van der Waals surface area contributed by atoms with Gasteiger partial charge in [0.1, 0.15) is 5.82 Å². The Morgan fingerprint density at radius 1 is 1.39 bits per heavy atom. The average molecular weight is 245 g/mol. The largest absolute Gasteiger partial charge is 0.370 e. The molecule has 2 atom stereocenters. The Hall–Kier alpha value is -1.58. The molecule has 1 aromatic rings. The molecule has 96 valence electrons. The van der Waals surface area contributed by atoms with Crippen LogP contribution in [0.2, 0.25) is 0 Å². The molecule has 0 bridgehead atoms. The number of hydrogen-bond acceptors (Lipinski definition) is 3. The van der Waals surface area contributed by atoms with Gasteiger partial charge in [-0.2, -0.15) is 0 Å². The van der Waals surface area contributed by atoms with Gasteiger partial charge < -0.3 is 10.2 Å². The Bertz CT molecular complexity index is 437. The summed E-state index contributed by atoms with van der Waals surface area (Å²) in [6, 6.07) is 3.95. The molecule has 18 heavy (non-hydrogen) atoms. The number of pyridine rings is 1. The number of carbonyl (C=O) groups is 1. The molecule has 0 radical (unpaired) electrons. The fourth-order valence-electron chi connectivity index (χ4n) is 2.53. The molecule has 2 heterocycles. The molecule has 1 aliphatic carbocycles. The van der Waals surface area contributed by atoms with Gasteiger partial charge in [0.05, 0.1) is 11.9 Å². The standard InChI is InChI=1S/C14H19N3O/c1-10-8-12(10)14(18)16-13-5-4-11(9-15-13)17-6-2-3-7-17/h4-5,9-10,12H,2-3,6-8H2,1H3,(H,15,16,18)/t10-,12-/m1/s1. The summed E-state index contributed by atoms with van der Waals surface area (Å²) in [5, 5.41) is 2.88. The van der Waals surface area contributed by atoms with E-state index in [1.54, 1.807) is 0 Å². The SMILES string of the molecule is C[C@@H]1C[C@H]1C(=O)Nc1ccc(N2CCCC2)cn1. The van der Waals surface area contributed by atoms with Crippen LogP contribution >= 0.6 is 0 Å². The molecule has 0 spiro atoms. The van der Waals surface area contributed by atoms with Gasteiger partial charge in [0.25, 0.3) is 0 Å². The van der Waals surface area contributed by atoms with E-state index in [1.807, 2.05) is 18.3 Å². The average Bonchev–Trinajstić information content (AvgIpc) is 2.91. The van der Waals surface area contributed by atoms with Gasteiger partial charge in [-0.1, -0.05) is 6.92 Å². The second-order valence-electron chi connectivity index (χ2n) is 5.40. The Balaban J connectivity index is 1.62. The van der Waals surface area contributed by atoms with Crippen LogP contribution in [0.15, 0.2) is 18.3 Å². The van der Waals surface area contributed by atoms with Crippen molar-refractivity contribution < 1.29 is 4.79 Å². The zero-order chi connectivity index (χ0) is 12.5. The molecule has 0 unspecified atom stereocenters. The molecule has 3 rings (SSSR count). The molecule has 1 aliphatic heterocycles. The van der Waals surface area contributed by atoms with E-state index in [9.17, 15) is 4.79 Å². The van der Waals surface area contributed by atoms with Crippen molar-refractivity contribution in [2.24, 2.45) is 11.8 Å². The van der Waals surface area contributed by atoms with Crippen LogP contribution in [0.1, 0.15) is 26.2 Å². The summed E-state index contributed by atoms with van der Waals surface area (Å²) in [6.07, 6.45) is 5.39. The summed E-state index contributed by atoms with van der Waals surface area (Å²) in [4.78, 5) is 18.4. The molecular formula is C14H19N3O. The number of amides is 1. The van der Waals surface area contributed by atoms with Crippen LogP contribution in [0.25, 0.3) is 0 Å². The molecule has 4 heteroatoms. The molecule has 1 N–H and O–H groups in total. The molecule has 2 aliphatic rings. The van der Waals surface area contributed by atoms with Crippen LogP contribution in [-0.4, -0.2) is 24.0 Å². The molecule has 0 aromatic carbocycles. The third kappa shape index (κ3) is 2.33. The maximum Gasteiger partial charge on any atom is 0.228 e. The lowest BCUT2D eigenvalue weighted by Crippen LogP contribution is -2.18. The monoisotopic (exact) mass is 245 g/mol. The smallest absolute Gasteiger partial charge is 0.228 e. The first-order chi connectivity index (χ1) is 8.74. The van der Waals surface area contributed by atoms with Gasteiger partial charge in [0.2, 0.25) is 5.91 Å². The summed E-state index contributed by atoms with van der Waals surface area (Å²) < 4.78 is 0. The van der Waals surface area contributed by atoms with Gasteiger partial charge >= 0.3 is 0 Å². The van der Waals surface area contributed by atoms with Crippen LogP contribution in [0.3, 0.4) is 0 Å². The Labute approximate surface area is 107 Å². The van der Waals surface area contributed by atoms with Gasteiger partial charge in [-0.3, -0.25) is 4.79 Å². The number of rotatable bonds is 3. The van der Waals surface area contributed by atoms with Crippen LogP contribution in [0.4, 0.5) is 11.5 Å². The maximum atomic E-state index is 11.8. The van der Waals surface area contributed by atoms with Crippen molar-refractivity contribution in [2.45, 2.75) is 26.2 Å². The van der Waals surface area contributed by atoms with E-state index >= 15 is 0 Å². The predicted octanol–water partition coefficient (Wildman–Crippen LogP) is 2.28. The van der Waals surface area contributed by atoms with Crippen molar-refractivity contribution in [3.05, 3.63) is 18.3 Å². The van der Waals surface area contributed by atoms with Gasteiger partial charge in [-0.15, -0.1) is 0 Å². The number of hydrogen-bond donors (Lipinski definition) is 1. The van der Waals surface area contributed by atoms with E-state index < -0.39 is 0 Å². The van der Waals surface area contributed by atoms with Gasteiger partial charge in [-0.05, 0) is 37.3 Å². The number of nitrogens with zero attached hydrogens (tertiary/aromatic N) is 2. The summed E-state index contributed by atoms with van der Waals surface area (Å²) in [6.45, 7) is 4.34. The number of nitrogens with one attached hydrogen (secondary N) is 1. The highest BCUT2D eigenvalue weighted by molar-refractivity contribution is 5.93.